The predicted molar refractivity (Wildman–Crippen MR) is 88.6 cm³/mol. The number of alkyl halides is 3. The Bertz CT molecular complexity index is 594. The molecule has 0 spiro atoms. The van der Waals surface area contributed by atoms with Crippen molar-refractivity contribution in [1.29, 1.82) is 0 Å². The van der Waals surface area contributed by atoms with E-state index in [1.54, 1.807) is 6.07 Å². The topological polar surface area (TPSA) is 45.7 Å². The van der Waals surface area contributed by atoms with Crippen molar-refractivity contribution in [3.8, 4) is 0 Å². The van der Waals surface area contributed by atoms with Crippen LogP contribution in [0.25, 0.3) is 0 Å². The van der Waals surface area contributed by atoms with Gasteiger partial charge in [0.25, 0.3) is 5.91 Å². The number of hydrogen-bond acceptors (Lipinski definition) is 4. The van der Waals surface area contributed by atoms with Crippen molar-refractivity contribution in [3.63, 3.8) is 0 Å². The normalized spacial score (nSPS) is 21.1. The molecule has 1 aromatic heterocycles. The summed E-state index contributed by atoms with van der Waals surface area (Å²) in [6.07, 6.45) is -1.77. The molecule has 0 bridgehead atoms. The highest BCUT2D eigenvalue weighted by Gasteiger charge is 2.33. The number of pyridine rings is 1. The Hall–Kier alpha value is -2.09. The van der Waals surface area contributed by atoms with Gasteiger partial charge in [0.1, 0.15) is 12.4 Å². The molecule has 2 unspecified atom stereocenters. The third kappa shape index (κ3) is 5.45. The van der Waals surface area contributed by atoms with Crippen molar-refractivity contribution < 1.29 is 22.7 Å². The van der Waals surface area contributed by atoms with Gasteiger partial charge in [-0.05, 0) is 26.0 Å². The average molecular weight is 357 g/mol. The van der Waals surface area contributed by atoms with E-state index in [-0.39, 0.29) is 24.3 Å². The number of anilines is 1. The minimum absolute atomic E-state index is 0.0572. The molecule has 2 atom stereocenters. The Morgan fingerprint density at radius 2 is 2.04 bits per heavy atom. The summed E-state index contributed by atoms with van der Waals surface area (Å²) in [5, 5.41) is 0. The number of carbonyl (C=O) groups excluding carboxylic acids is 1. The maximum absolute atomic E-state index is 12.6. The molecule has 138 valence electrons. The molecule has 1 aromatic rings. The van der Waals surface area contributed by atoms with E-state index in [1.165, 1.54) is 18.3 Å². The lowest BCUT2D eigenvalue weighted by Gasteiger charge is -2.36. The first-order chi connectivity index (χ1) is 11.7. The number of hydrogen-bond donors (Lipinski definition) is 0. The summed E-state index contributed by atoms with van der Waals surface area (Å²) in [7, 11) is 0. The fraction of sp³-hybridized carbons (Fsp3) is 0.529. The van der Waals surface area contributed by atoms with Crippen molar-refractivity contribution in [2.75, 3.05) is 31.1 Å². The smallest absolute Gasteiger partial charge is 0.372 e. The minimum Gasteiger partial charge on any atom is -0.372 e. The zero-order valence-electron chi connectivity index (χ0n) is 14.3. The molecule has 1 fully saturated rings. The Balaban J connectivity index is 2.12. The molecular weight excluding hydrogens is 335 g/mol. The van der Waals surface area contributed by atoms with E-state index in [9.17, 15) is 18.0 Å². The van der Waals surface area contributed by atoms with E-state index >= 15 is 0 Å². The summed E-state index contributed by atoms with van der Waals surface area (Å²) in [6, 6.07) is 3.15. The maximum Gasteiger partial charge on any atom is 0.406 e. The summed E-state index contributed by atoms with van der Waals surface area (Å²) < 4.78 is 43.5. The lowest BCUT2D eigenvalue weighted by molar-refractivity contribution is -0.139. The molecule has 1 aliphatic rings. The Kier molecular flexibility index (Phi) is 6.05. The first-order valence-corrected chi connectivity index (χ1v) is 8.03. The van der Waals surface area contributed by atoms with E-state index in [0.717, 1.165) is 0 Å². The minimum atomic E-state index is -4.47. The average Bonchev–Trinajstić information content (AvgIpc) is 2.52. The number of rotatable bonds is 5. The van der Waals surface area contributed by atoms with Crippen molar-refractivity contribution in [2.24, 2.45) is 0 Å². The van der Waals surface area contributed by atoms with Gasteiger partial charge < -0.3 is 14.5 Å². The molecule has 8 heteroatoms. The summed E-state index contributed by atoms with van der Waals surface area (Å²) in [4.78, 5) is 19.3. The first-order valence-electron chi connectivity index (χ1n) is 8.03. The molecule has 1 aliphatic heterocycles. The number of ether oxygens (including phenoxy) is 1. The molecule has 1 amide bonds. The molecule has 2 rings (SSSR count). The summed E-state index contributed by atoms with van der Waals surface area (Å²) in [5.41, 5.74) is 0.115. The van der Waals surface area contributed by atoms with Gasteiger partial charge in [0.2, 0.25) is 0 Å². The van der Waals surface area contributed by atoms with Crippen LogP contribution in [-0.2, 0) is 4.74 Å². The monoisotopic (exact) mass is 357 g/mol. The van der Waals surface area contributed by atoms with Crippen molar-refractivity contribution in [1.82, 2.24) is 9.88 Å². The zero-order valence-corrected chi connectivity index (χ0v) is 14.3. The van der Waals surface area contributed by atoms with Crippen molar-refractivity contribution >= 4 is 11.7 Å². The molecule has 2 heterocycles. The van der Waals surface area contributed by atoms with Crippen molar-refractivity contribution in [2.45, 2.75) is 32.2 Å². The predicted octanol–water partition coefficient (Wildman–Crippen LogP) is 2.89. The molecular formula is C17H22F3N3O2. The number of carbonyl (C=O) groups is 1. The third-order valence-electron chi connectivity index (χ3n) is 3.75. The van der Waals surface area contributed by atoms with Gasteiger partial charge in [-0.1, -0.05) is 6.08 Å². The van der Waals surface area contributed by atoms with Gasteiger partial charge in [-0.3, -0.25) is 4.79 Å². The van der Waals surface area contributed by atoms with Crippen LogP contribution in [0.5, 0.6) is 0 Å². The maximum atomic E-state index is 12.6. The highest BCUT2D eigenvalue weighted by molar-refractivity contribution is 5.94. The van der Waals surface area contributed by atoms with Gasteiger partial charge in [0.15, 0.2) is 0 Å². The highest BCUT2D eigenvalue weighted by Crippen LogP contribution is 2.21. The lowest BCUT2D eigenvalue weighted by Crippen LogP contribution is -2.45. The standard InChI is InChI=1S/C17H22F3N3O2/c1-4-7-22(11-17(18,19)20)16(24)14-5-6-15(21-8-14)23-9-12(2)25-13(3)10-23/h4-6,8,12-13H,1,7,9-11H2,2-3H3. The van der Waals surface area contributed by atoms with Crippen LogP contribution in [0.1, 0.15) is 24.2 Å². The van der Waals surface area contributed by atoms with Gasteiger partial charge in [-0.2, -0.15) is 13.2 Å². The number of amides is 1. The van der Waals surface area contributed by atoms with Gasteiger partial charge in [-0.15, -0.1) is 6.58 Å². The number of nitrogens with zero attached hydrogens (tertiary/aromatic N) is 3. The molecule has 0 aliphatic carbocycles. The molecule has 1 saturated heterocycles. The van der Waals surface area contributed by atoms with Crippen LogP contribution in [0.3, 0.4) is 0 Å². The summed E-state index contributed by atoms with van der Waals surface area (Å²) in [5.74, 6) is -0.0513. The molecule has 0 radical (unpaired) electrons. The van der Waals surface area contributed by atoms with Crippen LogP contribution in [0.15, 0.2) is 31.0 Å². The molecule has 25 heavy (non-hydrogen) atoms. The van der Waals surface area contributed by atoms with Gasteiger partial charge in [0, 0.05) is 25.8 Å². The van der Waals surface area contributed by atoms with E-state index < -0.39 is 18.6 Å². The van der Waals surface area contributed by atoms with Gasteiger partial charge in [-0.25, -0.2) is 4.98 Å². The Morgan fingerprint density at radius 3 is 2.52 bits per heavy atom. The number of aromatic nitrogens is 1. The van der Waals surface area contributed by atoms with Crippen molar-refractivity contribution in [3.05, 3.63) is 36.5 Å². The van der Waals surface area contributed by atoms with Crippen LogP contribution in [-0.4, -0.2) is 60.4 Å². The first kappa shape index (κ1) is 19.2. The fourth-order valence-electron chi connectivity index (χ4n) is 2.84. The van der Waals surface area contributed by atoms with Crippen LogP contribution in [0, 0.1) is 0 Å². The molecule has 0 saturated carbocycles. The summed E-state index contributed by atoms with van der Waals surface area (Å²) >= 11 is 0. The SMILES string of the molecule is C=CCN(CC(F)(F)F)C(=O)c1ccc(N2CC(C)OC(C)C2)nc1. The molecule has 5 nitrogen and oxygen atoms in total. The van der Waals surface area contributed by atoms with Crippen LogP contribution < -0.4 is 4.90 Å². The largest absolute Gasteiger partial charge is 0.406 e. The van der Waals surface area contributed by atoms with E-state index in [0.29, 0.717) is 23.8 Å². The van der Waals surface area contributed by atoms with Crippen LogP contribution >= 0.6 is 0 Å². The van der Waals surface area contributed by atoms with Crippen LogP contribution in [0.4, 0.5) is 19.0 Å². The second kappa shape index (κ2) is 7.86. The lowest BCUT2D eigenvalue weighted by atomic mass is 10.2. The van der Waals surface area contributed by atoms with E-state index in [1.807, 2.05) is 18.7 Å². The van der Waals surface area contributed by atoms with Gasteiger partial charge in [0.05, 0.1) is 17.8 Å². The number of morpholine rings is 1. The third-order valence-corrected chi connectivity index (χ3v) is 3.75. The van der Waals surface area contributed by atoms with E-state index in [4.69, 9.17) is 4.74 Å². The second-order valence-electron chi connectivity index (χ2n) is 6.16. The zero-order chi connectivity index (χ0) is 18.6. The van der Waals surface area contributed by atoms with E-state index in [2.05, 4.69) is 11.6 Å². The quantitative estimate of drug-likeness (QED) is 0.760. The number of halogens is 3. The second-order valence-corrected chi connectivity index (χ2v) is 6.16. The highest BCUT2D eigenvalue weighted by atomic mass is 19.4. The van der Waals surface area contributed by atoms with Crippen LogP contribution in [0.2, 0.25) is 0 Å². The molecule has 0 aromatic carbocycles. The Morgan fingerprint density at radius 1 is 1.40 bits per heavy atom. The summed E-state index contributed by atoms with van der Waals surface area (Å²) in [6.45, 7) is 7.16. The van der Waals surface area contributed by atoms with Gasteiger partial charge >= 0.3 is 6.18 Å². The fourth-order valence-corrected chi connectivity index (χ4v) is 2.84. The molecule has 0 N–H and O–H groups in total. The Labute approximate surface area is 145 Å².